The molecule has 28 heavy (non-hydrogen) atoms. The van der Waals surface area contributed by atoms with Crippen molar-refractivity contribution in [1.82, 2.24) is 9.29 Å². The smallest absolute Gasteiger partial charge is 0.387 e. The number of rotatable bonds is 6. The Morgan fingerprint density at radius 3 is 2.43 bits per heavy atom. The van der Waals surface area contributed by atoms with Gasteiger partial charge in [0, 0.05) is 37.9 Å². The van der Waals surface area contributed by atoms with Crippen LogP contribution in [-0.2, 0) is 10.0 Å². The van der Waals surface area contributed by atoms with Gasteiger partial charge in [0.2, 0.25) is 15.9 Å². The number of carbonyl (C=O) groups excluding carboxylic acids is 1. The maximum atomic E-state index is 13.0. The van der Waals surface area contributed by atoms with Gasteiger partial charge in [-0.3, -0.25) is 4.79 Å². The van der Waals surface area contributed by atoms with Crippen molar-refractivity contribution in [3.8, 4) is 5.75 Å². The van der Waals surface area contributed by atoms with E-state index in [4.69, 9.17) is 5.73 Å². The van der Waals surface area contributed by atoms with E-state index < -0.39 is 33.2 Å². The number of primary amides is 1. The van der Waals surface area contributed by atoms with Crippen molar-refractivity contribution in [2.24, 2.45) is 5.73 Å². The lowest BCUT2D eigenvalue weighted by Crippen LogP contribution is -2.49. The molecule has 0 saturated carbocycles. The van der Waals surface area contributed by atoms with Gasteiger partial charge in [-0.25, -0.2) is 13.4 Å². The minimum Gasteiger partial charge on any atom is -0.433 e. The molecule has 2 N–H and O–H groups in total. The summed E-state index contributed by atoms with van der Waals surface area (Å²) in [6.45, 7) is -2.23. The number of nitrogens with two attached hydrogens (primary N) is 1. The SMILES string of the molecule is NC(=O)c1ccc(OC(F)F)c(S(=O)(=O)N2CCN(c3ccccn3)CC2)c1. The van der Waals surface area contributed by atoms with Gasteiger partial charge < -0.3 is 15.4 Å². The van der Waals surface area contributed by atoms with Gasteiger partial charge in [0.25, 0.3) is 0 Å². The molecule has 150 valence electrons. The van der Waals surface area contributed by atoms with Crippen molar-refractivity contribution >= 4 is 21.7 Å². The lowest BCUT2D eigenvalue weighted by molar-refractivity contribution is -0.0518. The first-order valence-corrected chi connectivity index (χ1v) is 9.78. The number of hydrogen-bond acceptors (Lipinski definition) is 6. The number of piperazine rings is 1. The third-order valence-corrected chi connectivity index (χ3v) is 6.19. The summed E-state index contributed by atoms with van der Waals surface area (Å²) < 4.78 is 56.9. The Hall–Kier alpha value is -2.79. The van der Waals surface area contributed by atoms with Crippen LogP contribution in [0, 0.1) is 0 Å². The highest BCUT2D eigenvalue weighted by molar-refractivity contribution is 7.89. The van der Waals surface area contributed by atoms with Gasteiger partial charge in [-0.15, -0.1) is 0 Å². The fourth-order valence-corrected chi connectivity index (χ4v) is 4.46. The first kappa shape index (κ1) is 20.0. The van der Waals surface area contributed by atoms with Gasteiger partial charge in [-0.2, -0.15) is 13.1 Å². The third-order valence-electron chi connectivity index (χ3n) is 4.27. The number of halogens is 2. The Labute approximate surface area is 160 Å². The second kappa shape index (κ2) is 8.07. The predicted molar refractivity (Wildman–Crippen MR) is 96.8 cm³/mol. The van der Waals surface area contributed by atoms with Gasteiger partial charge in [0.15, 0.2) is 0 Å². The molecule has 1 amide bonds. The number of benzene rings is 1. The lowest BCUT2D eigenvalue weighted by Gasteiger charge is -2.34. The summed E-state index contributed by atoms with van der Waals surface area (Å²) in [7, 11) is -4.18. The topological polar surface area (TPSA) is 106 Å². The summed E-state index contributed by atoms with van der Waals surface area (Å²) in [5.74, 6) is -0.691. The monoisotopic (exact) mass is 412 g/mol. The molecule has 1 aliphatic heterocycles. The van der Waals surface area contributed by atoms with Crippen LogP contribution in [0.4, 0.5) is 14.6 Å². The molecular weight excluding hydrogens is 394 g/mol. The van der Waals surface area contributed by atoms with E-state index in [0.29, 0.717) is 13.1 Å². The van der Waals surface area contributed by atoms with Crippen LogP contribution in [0.25, 0.3) is 0 Å². The Morgan fingerprint density at radius 1 is 1.14 bits per heavy atom. The van der Waals surface area contributed by atoms with Crippen LogP contribution in [0.15, 0.2) is 47.5 Å². The molecule has 1 saturated heterocycles. The first-order chi connectivity index (χ1) is 13.3. The van der Waals surface area contributed by atoms with Gasteiger partial charge in [0.05, 0.1) is 0 Å². The Kier molecular flexibility index (Phi) is 5.75. The lowest BCUT2D eigenvalue weighted by atomic mass is 10.2. The van der Waals surface area contributed by atoms with E-state index in [9.17, 15) is 22.0 Å². The van der Waals surface area contributed by atoms with Crippen LogP contribution >= 0.6 is 0 Å². The molecule has 0 aliphatic carbocycles. The molecule has 1 fully saturated rings. The highest BCUT2D eigenvalue weighted by Crippen LogP contribution is 2.30. The highest BCUT2D eigenvalue weighted by atomic mass is 32.2. The quantitative estimate of drug-likeness (QED) is 0.767. The molecular formula is C17H18F2N4O4S. The summed E-state index contributed by atoms with van der Waals surface area (Å²) in [5.41, 5.74) is 5.07. The maximum Gasteiger partial charge on any atom is 0.387 e. The van der Waals surface area contributed by atoms with Gasteiger partial charge in [-0.1, -0.05) is 6.07 Å². The molecule has 0 radical (unpaired) electrons. The molecule has 0 unspecified atom stereocenters. The fraction of sp³-hybridized carbons (Fsp3) is 0.294. The molecule has 1 aromatic heterocycles. The van der Waals surface area contributed by atoms with Gasteiger partial charge in [-0.05, 0) is 30.3 Å². The van der Waals surface area contributed by atoms with E-state index in [-0.39, 0.29) is 18.7 Å². The van der Waals surface area contributed by atoms with Gasteiger partial charge >= 0.3 is 6.61 Å². The number of aromatic nitrogens is 1. The van der Waals surface area contributed by atoms with Crippen LogP contribution in [0.2, 0.25) is 0 Å². The molecule has 8 nitrogen and oxygen atoms in total. The zero-order chi connectivity index (χ0) is 20.3. The van der Waals surface area contributed by atoms with Crippen LogP contribution in [0.3, 0.4) is 0 Å². The second-order valence-corrected chi connectivity index (χ2v) is 7.89. The number of amides is 1. The fourth-order valence-electron chi connectivity index (χ4n) is 2.89. The number of pyridine rings is 1. The molecule has 0 atom stereocenters. The van der Waals surface area contributed by atoms with Crippen LogP contribution in [-0.4, -0.2) is 56.4 Å². The average Bonchev–Trinajstić information content (AvgIpc) is 2.68. The standard InChI is InChI=1S/C17H18F2N4O4S/c18-17(19)27-13-5-4-12(16(20)24)11-14(13)28(25,26)23-9-7-22(8-10-23)15-3-1-2-6-21-15/h1-6,11,17H,7-10H2,(H2,20,24). The van der Waals surface area contributed by atoms with Crippen molar-refractivity contribution in [2.45, 2.75) is 11.5 Å². The molecule has 1 aliphatic rings. The molecule has 0 bridgehead atoms. The van der Waals surface area contributed by atoms with Crippen LogP contribution in [0.5, 0.6) is 5.75 Å². The molecule has 3 rings (SSSR count). The summed E-state index contributed by atoms with van der Waals surface area (Å²) in [6, 6.07) is 8.52. The normalized spacial score (nSPS) is 15.6. The van der Waals surface area contributed by atoms with Crippen molar-refractivity contribution in [1.29, 1.82) is 0 Å². The largest absolute Gasteiger partial charge is 0.433 e. The maximum absolute atomic E-state index is 13.0. The average molecular weight is 412 g/mol. The van der Waals surface area contributed by atoms with E-state index in [1.807, 2.05) is 17.0 Å². The predicted octanol–water partition coefficient (Wildman–Crippen LogP) is 1.29. The zero-order valence-electron chi connectivity index (χ0n) is 14.7. The summed E-state index contributed by atoms with van der Waals surface area (Å²) in [5, 5.41) is 0. The number of carbonyl (C=O) groups is 1. The van der Waals surface area contributed by atoms with Gasteiger partial charge in [0.1, 0.15) is 16.5 Å². The third kappa shape index (κ3) is 4.20. The Balaban J connectivity index is 1.86. The number of nitrogens with zero attached hydrogens (tertiary/aromatic N) is 3. The summed E-state index contributed by atoms with van der Waals surface area (Å²) in [6.07, 6.45) is 1.64. The molecule has 2 heterocycles. The Bertz CT molecular complexity index is 949. The van der Waals surface area contributed by atoms with Crippen molar-refractivity contribution < 1.29 is 26.7 Å². The minimum absolute atomic E-state index is 0.118. The Morgan fingerprint density at radius 2 is 1.86 bits per heavy atom. The van der Waals surface area contributed by atoms with Crippen LogP contribution in [0.1, 0.15) is 10.4 Å². The van der Waals surface area contributed by atoms with E-state index in [1.165, 1.54) is 0 Å². The highest BCUT2D eigenvalue weighted by Gasteiger charge is 2.32. The molecule has 0 spiro atoms. The number of sulfonamides is 1. The molecule has 1 aromatic carbocycles. The minimum atomic E-state index is -4.18. The van der Waals surface area contributed by atoms with Crippen LogP contribution < -0.4 is 15.4 Å². The van der Waals surface area contributed by atoms with E-state index in [1.54, 1.807) is 12.3 Å². The molecule has 2 aromatic rings. The van der Waals surface area contributed by atoms with E-state index >= 15 is 0 Å². The number of hydrogen-bond donors (Lipinski definition) is 1. The number of ether oxygens (including phenoxy) is 1. The molecule has 11 heteroatoms. The van der Waals surface area contributed by atoms with Crippen molar-refractivity contribution in [3.63, 3.8) is 0 Å². The van der Waals surface area contributed by atoms with E-state index in [0.717, 1.165) is 28.3 Å². The first-order valence-electron chi connectivity index (χ1n) is 8.34. The summed E-state index contributed by atoms with van der Waals surface area (Å²) in [4.78, 5) is 17.0. The van der Waals surface area contributed by atoms with Crippen molar-refractivity contribution in [3.05, 3.63) is 48.2 Å². The second-order valence-electron chi connectivity index (χ2n) is 5.98. The van der Waals surface area contributed by atoms with Crippen molar-refractivity contribution in [2.75, 3.05) is 31.1 Å². The number of anilines is 1. The number of alkyl halides is 2. The zero-order valence-corrected chi connectivity index (χ0v) is 15.5. The van der Waals surface area contributed by atoms with E-state index in [2.05, 4.69) is 9.72 Å². The summed E-state index contributed by atoms with van der Waals surface area (Å²) >= 11 is 0.